The van der Waals surface area contributed by atoms with Crippen molar-refractivity contribution < 1.29 is 14.6 Å². The molecular formula is C22H22N4O3. The summed E-state index contributed by atoms with van der Waals surface area (Å²) >= 11 is 0. The molecule has 0 saturated heterocycles. The summed E-state index contributed by atoms with van der Waals surface area (Å²) in [5.74, 6) is 0.775. The zero-order chi connectivity index (χ0) is 20.4. The van der Waals surface area contributed by atoms with Gasteiger partial charge in [0.15, 0.2) is 0 Å². The van der Waals surface area contributed by atoms with E-state index in [0.29, 0.717) is 30.7 Å². The van der Waals surface area contributed by atoms with E-state index in [1.54, 1.807) is 12.1 Å². The Morgan fingerprint density at radius 2 is 2.03 bits per heavy atom. The van der Waals surface area contributed by atoms with Crippen LogP contribution in [0.1, 0.15) is 31.0 Å². The van der Waals surface area contributed by atoms with E-state index in [9.17, 15) is 9.90 Å². The highest BCUT2D eigenvalue weighted by atomic mass is 16.5. The molecule has 148 valence electrons. The maximum Gasteiger partial charge on any atom is 0.240 e. The average Bonchev–Trinajstić information content (AvgIpc) is 2.70. The van der Waals surface area contributed by atoms with E-state index in [0.717, 1.165) is 33.7 Å². The summed E-state index contributed by atoms with van der Waals surface area (Å²) < 4.78 is 5.62. The number of hydrogen-bond donors (Lipinski definition) is 3. The molecule has 3 aromatic rings. The Bertz CT molecular complexity index is 1120. The highest BCUT2D eigenvalue weighted by Crippen LogP contribution is 2.32. The Labute approximate surface area is 168 Å². The molecule has 0 bridgehead atoms. The Balaban J connectivity index is 1.67. The molecule has 1 aliphatic heterocycles. The van der Waals surface area contributed by atoms with E-state index < -0.39 is 0 Å². The first kappa shape index (κ1) is 18.7. The number of carbonyl (C=O) groups is 1. The van der Waals surface area contributed by atoms with Crippen LogP contribution in [-0.2, 0) is 4.79 Å². The summed E-state index contributed by atoms with van der Waals surface area (Å²) in [7, 11) is 0. The summed E-state index contributed by atoms with van der Waals surface area (Å²) in [6, 6.07) is 13.1. The van der Waals surface area contributed by atoms with Gasteiger partial charge in [-0.2, -0.15) is 5.10 Å². The number of nitrogens with one attached hydrogen (secondary N) is 2. The third-order valence-corrected chi connectivity index (χ3v) is 4.71. The minimum Gasteiger partial charge on any atom is -0.507 e. The molecule has 0 atom stereocenters. The van der Waals surface area contributed by atoms with Gasteiger partial charge < -0.3 is 15.2 Å². The Morgan fingerprint density at radius 1 is 1.17 bits per heavy atom. The van der Waals surface area contributed by atoms with Crippen LogP contribution in [0.4, 0.5) is 11.4 Å². The number of ether oxygens (including phenoxy) is 1. The van der Waals surface area contributed by atoms with Crippen molar-refractivity contribution in [3.05, 3.63) is 53.7 Å². The molecule has 2 heterocycles. The van der Waals surface area contributed by atoms with E-state index >= 15 is 0 Å². The van der Waals surface area contributed by atoms with Crippen molar-refractivity contribution in [2.24, 2.45) is 5.10 Å². The van der Waals surface area contributed by atoms with Crippen molar-refractivity contribution in [3.8, 4) is 11.5 Å². The van der Waals surface area contributed by atoms with Crippen LogP contribution >= 0.6 is 0 Å². The topological polar surface area (TPSA) is 95.8 Å². The molecule has 2 aromatic carbocycles. The first-order valence-corrected chi connectivity index (χ1v) is 9.53. The normalized spacial score (nSPS) is 13.7. The average molecular weight is 390 g/mol. The second-order valence-corrected chi connectivity index (χ2v) is 6.87. The van der Waals surface area contributed by atoms with E-state index in [-0.39, 0.29) is 11.7 Å². The molecule has 0 fully saturated rings. The molecule has 0 saturated carbocycles. The van der Waals surface area contributed by atoms with Crippen molar-refractivity contribution >= 4 is 33.9 Å². The van der Waals surface area contributed by atoms with Gasteiger partial charge in [-0.15, -0.1) is 0 Å². The van der Waals surface area contributed by atoms with Gasteiger partial charge in [0.2, 0.25) is 5.91 Å². The van der Waals surface area contributed by atoms with Gasteiger partial charge >= 0.3 is 0 Å². The number of pyridine rings is 1. The SMILES string of the molecule is CCOc1ccc2nc(C)cc(Nc3ccc(C4=NNC(=O)CC4)c(O)c3)c2c1. The number of phenolic OH excluding ortho intramolecular Hbond substituents is 1. The van der Waals surface area contributed by atoms with Crippen LogP contribution in [0.5, 0.6) is 11.5 Å². The number of hydrazone groups is 1. The lowest BCUT2D eigenvalue weighted by Gasteiger charge is -2.15. The van der Waals surface area contributed by atoms with Crippen molar-refractivity contribution in [3.63, 3.8) is 0 Å². The molecule has 0 radical (unpaired) electrons. The van der Waals surface area contributed by atoms with Gasteiger partial charge in [0.1, 0.15) is 11.5 Å². The van der Waals surface area contributed by atoms with E-state index in [1.165, 1.54) is 0 Å². The second-order valence-electron chi connectivity index (χ2n) is 6.87. The molecule has 0 aliphatic carbocycles. The Hall–Kier alpha value is -3.61. The predicted molar refractivity (Wildman–Crippen MR) is 113 cm³/mol. The van der Waals surface area contributed by atoms with E-state index in [4.69, 9.17) is 4.74 Å². The molecule has 7 nitrogen and oxygen atoms in total. The number of aryl methyl sites for hydroxylation is 1. The number of rotatable bonds is 5. The summed E-state index contributed by atoms with van der Waals surface area (Å²) in [5.41, 5.74) is 7.11. The lowest BCUT2D eigenvalue weighted by molar-refractivity contribution is -0.121. The molecule has 1 aliphatic rings. The molecule has 3 N–H and O–H groups in total. The molecule has 0 spiro atoms. The highest BCUT2D eigenvalue weighted by molar-refractivity contribution is 6.06. The number of aromatic hydroxyl groups is 1. The number of phenols is 1. The van der Waals surface area contributed by atoms with Crippen LogP contribution in [0.3, 0.4) is 0 Å². The van der Waals surface area contributed by atoms with Gasteiger partial charge in [-0.25, -0.2) is 5.43 Å². The number of aromatic nitrogens is 1. The monoisotopic (exact) mass is 390 g/mol. The van der Waals surface area contributed by atoms with E-state index in [1.807, 2.05) is 44.2 Å². The molecule has 29 heavy (non-hydrogen) atoms. The van der Waals surface area contributed by atoms with Crippen molar-refractivity contribution in [1.82, 2.24) is 10.4 Å². The Morgan fingerprint density at radius 3 is 2.76 bits per heavy atom. The van der Waals surface area contributed by atoms with Crippen LogP contribution in [0.15, 0.2) is 47.6 Å². The fraction of sp³-hybridized carbons (Fsp3) is 0.227. The van der Waals surface area contributed by atoms with E-state index in [2.05, 4.69) is 20.8 Å². The third-order valence-electron chi connectivity index (χ3n) is 4.71. The summed E-state index contributed by atoms with van der Waals surface area (Å²) in [5, 5.41) is 18.9. The number of anilines is 2. The standard InChI is InChI=1S/C22H22N4O3/c1-3-29-15-5-7-18-17(12-15)20(10-13(2)23-18)24-14-4-6-16(21(27)11-14)19-8-9-22(28)26-25-19/h4-7,10-12,27H,3,8-9H2,1-2H3,(H,23,24)(H,26,28). The van der Waals surface area contributed by atoms with Gasteiger partial charge in [-0.3, -0.25) is 9.78 Å². The quantitative estimate of drug-likeness (QED) is 0.612. The van der Waals surface area contributed by atoms with Gasteiger partial charge in [-0.05, 0) is 50.2 Å². The van der Waals surface area contributed by atoms with Crippen molar-refractivity contribution in [1.29, 1.82) is 0 Å². The van der Waals surface area contributed by atoms with Gasteiger partial charge in [0.05, 0.1) is 17.8 Å². The number of amides is 1. The van der Waals surface area contributed by atoms with Gasteiger partial charge in [-0.1, -0.05) is 0 Å². The fourth-order valence-electron chi connectivity index (χ4n) is 3.37. The molecule has 7 heteroatoms. The predicted octanol–water partition coefficient (Wildman–Crippen LogP) is 4.01. The minimum atomic E-state index is -0.113. The first-order valence-electron chi connectivity index (χ1n) is 9.53. The molecule has 1 aromatic heterocycles. The summed E-state index contributed by atoms with van der Waals surface area (Å²) in [4.78, 5) is 15.9. The zero-order valence-corrected chi connectivity index (χ0v) is 16.3. The van der Waals surface area contributed by atoms with Crippen LogP contribution in [0, 0.1) is 6.92 Å². The lowest BCUT2D eigenvalue weighted by Crippen LogP contribution is -2.25. The van der Waals surface area contributed by atoms with Crippen LogP contribution in [0.25, 0.3) is 10.9 Å². The number of nitrogens with zero attached hydrogens (tertiary/aromatic N) is 2. The van der Waals surface area contributed by atoms with Gasteiger partial charge in [0, 0.05) is 46.9 Å². The number of carbonyl (C=O) groups excluding carboxylic acids is 1. The summed E-state index contributed by atoms with van der Waals surface area (Å²) in [6.45, 7) is 4.48. The number of fused-ring (bicyclic) bond motifs is 1. The van der Waals surface area contributed by atoms with Crippen LogP contribution in [0.2, 0.25) is 0 Å². The largest absolute Gasteiger partial charge is 0.507 e. The van der Waals surface area contributed by atoms with Crippen molar-refractivity contribution in [2.45, 2.75) is 26.7 Å². The maximum atomic E-state index is 11.3. The van der Waals surface area contributed by atoms with Gasteiger partial charge in [0.25, 0.3) is 0 Å². The number of benzene rings is 2. The molecular weight excluding hydrogens is 368 g/mol. The number of hydrogen-bond acceptors (Lipinski definition) is 6. The van der Waals surface area contributed by atoms with Crippen LogP contribution < -0.4 is 15.5 Å². The van der Waals surface area contributed by atoms with Crippen LogP contribution in [-0.4, -0.2) is 28.3 Å². The smallest absolute Gasteiger partial charge is 0.240 e. The molecule has 4 rings (SSSR count). The molecule has 0 unspecified atom stereocenters. The minimum absolute atomic E-state index is 0.106. The maximum absolute atomic E-state index is 11.3. The fourth-order valence-corrected chi connectivity index (χ4v) is 3.37. The third kappa shape index (κ3) is 3.99. The van der Waals surface area contributed by atoms with Crippen molar-refractivity contribution in [2.75, 3.05) is 11.9 Å². The zero-order valence-electron chi connectivity index (χ0n) is 16.3. The lowest BCUT2D eigenvalue weighted by atomic mass is 10.0. The Kier molecular flexibility index (Phi) is 5.03. The molecule has 1 amide bonds. The highest BCUT2D eigenvalue weighted by Gasteiger charge is 2.16. The summed E-state index contributed by atoms with van der Waals surface area (Å²) in [6.07, 6.45) is 0.864. The first-order chi connectivity index (χ1) is 14.0. The second kappa shape index (κ2) is 7.79.